The summed E-state index contributed by atoms with van der Waals surface area (Å²) < 4.78 is 0. The van der Waals surface area contributed by atoms with E-state index in [0.717, 1.165) is 10.9 Å². The molecule has 0 atom stereocenters. The highest BCUT2D eigenvalue weighted by molar-refractivity contribution is 9.08. The van der Waals surface area contributed by atoms with Gasteiger partial charge in [-0.05, 0) is 5.56 Å². The summed E-state index contributed by atoms with van der Waals surface area (Å²) in [5.41, 5.74) is 12.9. The molecule has 0 radical (unpaired) electrons. The van der Waals surface area contributed by atoms with E-state index in [1.54, 1.807) is 0 Å². The molecular formula is C7H8BrN5. The molecule has 0 bridgehead atoms. The zero-order valence-electron chi connectivity index (χ0n) is 6.71. The number of nitrogens with two attached hydrogens (primary N) is 2. The van der Waals surface area contributed by atoms with Gasteiger partial charge in [0.2, 0.25) is 5.95 Å². The second-order valence-corrected chi connectivity index (χ2v) is 3.20. The minimum atomic E-state index is 0.188. The van der Waals surface area contributed by atoms with Crippen LogP contribution in [0.2, 0.25) is 0 Å². The van der Waals surface area contributed by atoms with Crippen LogP contribution in [0.1, 0.15) is 5.56 Å². The molecule has 2 aromatic heterocycles. The van der Waals surface area contributed by atoms with Crippen molar-refractivity contribution in [3.63, 3.8) is 0 Å². The van der Waals surface area contributed by atoms with Crippen LogP contribution in [0.25, 0.3) is 11.0 Å². The monoisotopic (exact) mass is 241 g/mol. The standard InChI is InChI=1S/C7H8BrN5/c8-1-3-2-11-6-4(3)5(9)12-7(10)13-6/h2H,1H2,(H5,9,10,11,12,13). The van der Waals surface area contributed by atoms with Gasteiger partial charge < -0.3 is 16.5 Å². The van der Waals surface area contributed by atoms with Crippen LogP contribution in [0, 0.1) is 0 Å². The van der Waals surface area contributed by atoms with Crippen molar-refractivity contribution in [1.82, 2.24) is 15.0 Å². The quantitative estimate of drug-likeness (QED) is 0.650. The molecular weight excluding hydrogens is 234 g/mol. The van der Waals surface area contributed by atoms with Crippen LogP contribution in [-0.4, -0.2) is 15.0 Å². The van der Waals surface area contributed by atoms with Gasteiger partial charge in [0.05, 0.1) is 5.39 Å². The first-order valence-electron chi connectivity index (χ1n) is 3.67. The van der Waals surface area contributed by atoms with E-state index in [1.807, 2.05) is 6.20 Å². The second-order valence-electron chi connectivity index (χ2n) is 2.64. The molecule has 0 amide bonds. The Morgan fingerprint density at radius 1 is 1.38 bits per heavy atom. The Morgan fingerprint density at radius 2 is 2.15 bits per heavy atom. The fourth-order valence-corrected chi connectivity index (χ4v) is 1.69. The highest BCUT2D eigenvalue weighted by atomic mass is 79.9. The number of nitrogens with zero attached hydrogens (tertiary/aromatic N) is 2. The molecule has 13 heavy (non-hydrogen) atoms. The van der Waals surface area contributed by atoms with Gasteiger partial charge in [0.15, 0.2) is 0 Å². The summed E-state index contributed by atoms with van der Waals surface area (Å²) in [5.74, 6) is 0.603. The van der Waals surface area contributed by atoms with E-state index in [-0.39, 0.29) is 5.95 Å². The van der Waals surface area contributed by atoms with Crippen LogP contribution in [0.15, 0.2) is 6.20 Å². The Bertz CT molecular complexity index is 449. The summed E-state index contributed by atoms with van der Waals surface area (Å²) in [5, 5.41) is 1.55. The van der Waals surface area contributed by atoms with Gasteiger partial charge in [-0.2, -0.15) is 9.97 Å². The third kappa shape index (κ3) is 1.23. The molecule has 2 rings (SSSR count). The van der Waals surface area contributed by atoms with E-state index in [0.29, 0.717) is 16.8 Å². The van der Waals surface area contributed by atoms with Crippen LogP contribution >= 0.6 is 15.9 Å². The molecule has 0 unspecified atom stereocenters. The number of anilines is 2. The maximum atomic E-state index is 5.71. The first kappa shape index (κ1) is 8.31. The number of alkyl halides is 1. The van der Waals surface area contributed by atoms with Crippen LogP contribution < -0.4 is 11.5 Å². The van der Waals surface area contributed by atoms with Gasteiger partial charge >= 0.3 is 0 Å². The average molecular weight is 242 g/mol. The number of rotatable bonds is 1. The van der Waals surface area contributed by atoms with Crippen LogP contribution in [-0.2, 0) is 5.33 Å². The molecule has 6 heteroatoms. The van der Waals surface area contributed by atoms with E-state index in [9.17, 15) is 0 Å². The zero-order valence-corrected chi connectivity index (χ0v) is 8.30. The van der Waals surface area contributed by atoms with E-state index in [2.05, 4.69) is 30.9 Å². The summed E-state index contributed by atoms with van der Waals surface area (Å²) in [6.07, 6.45) is 1.84. The number of halogens is 1. The van der Waals surface area contributed by atoms with Gasteiger partial charge in [-0.25, -0.2) is 0 Å². The molecule has 5 nitrogen and oxygen atoms in total. The third-order valence-corrected chi connectivity index (χ3v) is 2.41. The van der Waals surface area contributed by atoms with Crippen molar-refractivity contribution in [1.29, 1.82) is 0 Å². The van der Waals surface area contributed by atoms with Crippen molar-refractivity contribution in [2.24, 2.45) is 0 Å². The molecule has 0 aliphatic carbocycles. The lowest BCUT2D eigenvalue weighted by Gasteiger charge is -1.98. The van der Waals surface area contributed by atoms with Crippen molar-refractivity contribution in [2.75, 3.05) is 11.5 Å². The van der Waals surface area contributed by atoms with Gasteiger partial charge in [0.1, 0.15) is 11.5 Å². The zero-order chi connectivity index (χ0) is 9.42. The Hall–Kier alpha value is -1.30. The second kappa shape index (κ2) is 2.88. The number of hydrogen-bond acceptors (Lipinski definition) is 4. The normalized spacial score (nSPS) is 10.8. The minimum absolute atomic E-state index is 0.188. The molecule has 0 saturated heterocycles. The summed E-state index contributed by atoms with van der Waals surface area (Å²) in [6.45, 7) is 0. The van der Waals surface area contributed by atoms with Crippen molar-refractivity contribution >= 4 is 38.7 Å². The number of aromatic nitrogens is 3. The minimum Gasteiger partial charge on any atom is -0.383 e. The Labute approximate surface area is 82.7 Å². The van der Waals surface area contributed by atoms with E-state index in [1.165, 1.54) is 0 Å². The van der Waals surface area contributed by atoms with Crippen LogP contribution in [0.3, 0.4) is 0 Å². The lowest BCUT2D eigenvalue weighted by Crippen LogP contribution is -2.00. The highest BCUT2D eigenvalue weighted by Gasteiger charge is 2.08. The van der Waals surface area contributed by atoms with Crippen molar-refractivity contribution in [3.8, 4) is 0 Å². The van der Waals surface area contributed by atoms with E-state index >= 15 is 0 Å². The Kier molecular flexibility index (Phi) is 1.84. The van der Waals surface area contributed by atoms with Crippen LogP contribution in [0.4, 0.5) is 11.8 Å². The Balaban J connectivity index is 2.82. The molecule has 0 aliphatic heterocycles. The van der Waals surface area contributed by atoms with Gasteiger partial charge in [-0.15, -0.1) is 0 Å². The predicted molar refractivity (Wildman–Crippen MR) is 55.3 cm³/mol. The van der Waals surface area contributed by atoms with Gasteiger partial charge in [0.25, 0.3) is 0 Å². The number of fused-ring (bicyclic) bond motifs is 1. The summed E-state index contributed by atoms with van der Waals surface area (Å²) in [7, 11) is 0. The van der Waals surface area contributed by atoms with Crippen molar-refractivity contribution < 1.29 is 0 Å². The maximum absolute atomic E-state index is 5.71. The first-order chi connectivity index (χ1) is 6.22. The molecule has 0 saturated carbocycles. The lowest BCUT2D eigenvalue weighted by atomic mass is 10.2. The van der Waals surface area contributed by atoms with Gasteiger partial charge in [0, 0.05) is 11.5 Å². The highest BCUT2D eigenvalue weighted by Crippen LogP contribution is 2.23. The molecule has 5 N–H and O–H groups in total. The summed E-state index contributed by atoms with van der Waals surface area (Å²) in [6, 6.07) is 0. The molecule has 0 aromatic carbocycles. The van der Waals surface area contributed by atoms with E-state index in [4.69, 9.17) is 11.5 Å². The number of H-pyrrole nitrogens is 1. The maximum Gasteiger partial charge on any atom is 0.223 e. The summed E-state index contributed by atoms with van der Waals surface area (Å²) in [4.78, 5) is 10.9. The predicted octanol–water partition coefficient (Wildman–Crippen LogP) is 1.02. The lowest BCUT2D eigenvalue weighted by molar-refractivity contribution is 1.22. The fourth-order valence-electron chi connectivity index (χ4n) is 1.25. The summed E-state index contributed by atoms with van der Waals surface area (Å²) >= 11 is 3.35. The third-order valence-electron chi connectivity index (χ3n) is 1.80. The largest absolute Gasteiger partial charge is 0.383 e. The van der Waals surface area contributed by atoms with Crippen LogP contribution in [0.5, 0.6) is 0 Å². The van der Waals surface area contributed by atoms with Crippen molar-refractivity contribution in [3.05, 3.63) is 11.8 Å². The number of hydrogen-bond donors (Lipinski definition) is 3. The molecule has 0 spiro atoms. The average Bonchev–Trinajstić information content (AvgIpc) is 2.47. The van der Waals surface area contributed by atoms with Gasteiger partial charge in [-0.1, -0.05) is 15.9 Å². The first-order valence-corrected chi connectivity index (χ1v) is 4.79. The molecule has 0 fully saturated rings. The number of nitrogen functional groups attached to an aromatic ring is 2. The Morgan fingerprint density at radius 3 is 2.85 bits per heavy atom. The van der Waals surface area contributed by atoms with E-state index < -0.39 is 0 Å². The van der Waals surface area contributed by atoms with Gasteiger partial charge in [-0.3, -0.25) is 0 Å². The van der Waals surface area contributed by atoms with Crippen molar-refractivity contribution in [2.45, 2.75) is 5.33 Å². The SMILES string of the molecule is Nc1nc(N)c2c(CBr)c[nH]c2n1. The topological polar surface area (TPSA) is 93.6 Å². The fraction of sp³-hybridized carbons (Fsp3) is 0.143. The number of aromatic amines is 1. The number of nitrogens with one attached hydrogen (secondary N) is 1. The smallest absolute Gasteiger partial charge is 0.223 e. The molecule has 0 aliphatic rings. The molecule has 2 aromatic rings. The molecule has 68 valence electrons. The molecule has 2 heterocycles.